The summed E-state index contributed by atoms with van der Waals surface area (Å²) in [7, 11) is 1.72. The quantitative estimate of drug-likeness (QED) is 0.592. The van der Waals surface area contributed by atoms with Gasteiger partial charge in [-0.15, -0.1) is 0 Å². The Morgan fingerprint density at radius 2 is 2.11 bits per heavy atom. The number of amides is 1. The van der Waals surface area contributed by atoms with Crippen molar-refractivity contribution in [2.75, 3.05) is 26.8 Å². The second kappa shape index (κ2) is 7.71. The average Bonchev–Trinajstić information content (AvgIpc) is 3.10. The lowest BCUT2D eigenvalue weighted by Gasteiger charge is -2.25. The Kier molecular flexibility index (Phi) is 6.60. The predicted octanol–water partition coefficient (Wildman–Crippen LogP) is 0.339. The lowest BCUT2D eigenvalue weighted by molar-refractivity contribution is -0.120. The van der Waals surface area contributed by atoms with Crippen molar-refractivity contribution in [3.8, 4) is 0 Å². The fraction of sp³-hybridized carbons (Fsp3) is 0.923. The maximum Gasteiger partial charge on any atom is 0.234 e. The number of methoxy groups -OCH3 is 1. The van der Waals surface area contributed by atoms with E-state index in [9.17, 15) is 4.79 Å². The smallest absolute Gasteiger partial charge is 0.234 e. The Balaban J connectivity index is 2.35. The summed E-state index contributed by atoms with van der Waals surface area (Å²) in [5, 5.41) is 3.22. The van der Waals surface area contributed by atoms with Crippen molar-refractivity contribution in [3.63, 3.8) is 0 Å². The minimum atomic E-state index is -0.258. The standard InChI is InChI=1S/C13H27N3O2/c1-10(2)15-12(13(14)17)6-7-16(8-9-18-3)11-4-5-11/h10-12,15H,4-9H2,1-3H3,(H2,14,17). The summed E-state index contributed by atoms with van der Waals surface area (Å²) in [6, 6.07) is 0.734. The molecule has 0 heterocycles. The van der Waals surface area contributed by atoms with Crippen LogP contribution in [0.5, 0.6) is 0 Å². The summed E-state index contributed by atoms with van der Waals surface area (Å²) < 4.78 is 5.12. The number of nitrogens with zero attached hydrogens (tertiary/aromatic N) is 1. The zero-order valence-electron chi connectivity index (χ0n) is 11.8. The van der Waals surface area contributed by atoms with Crippen LogP contribution in [0, 0.1) is 0 Å². The van der Waals surface area contributed by atoms with Gasteiger partial charge in [0.2, 0.25) is 5.91 Å². The molecule has 5 heteroatoms. The summed E-state index contributed by atoms with van der Waals surface area (Å²) in [6.45, 7) is 6.64. The lowest BCUT2D eigenvalue weighted by atomic mass is 10.1. The first-order chi connectivity index (χ1) is 8.54. The van der Waals surface area contributed by atoms with Crippen molar-refractivity contribution in [1.82, 2.24) is 10.2 Å². The van der Waals surface area contributed by atoms with Gasteiger partial charge in [0.1, 0.15) is 0 Å². The summed E-state index contributed by atoms with van der Waals surface area (Å²) in [5.41, 5.74) is 5.42. The topological polar surface area (TPSA) is 67.6 Å². The molecule has 0 spiro atoms. The Bertz CT molecular complexity index is 255. The highest BCUT2D eigenvalue weighted by Gasteiger charge is 2.29. The van der Waals surface area contributed by atoms with E-state index in [1.54, 1.807) is 7.11 Å². The fourth-order valence-electron chi connectivity index (χ4n) is 2.13. The van der Waals surface area contributed by atoms with E-state index < -0.39 is 0 Å². The SMILES string of the molecule is COCCN(CCC(NC(C)C)C(N)=O)C1CC1. The van der Waals surface area contributed by atoms with Gasteiger partial charge < -0.3 is 15.8 Å². The van der Waals surface area contributed by atoms with Crippen LogP contribution in [0.15, 0.2) is 0 Å². The third-order valence-electron chi connectivity index (χ3n) is 3.23. The van der Waals surface area contributed by atoms with Crippen molar-refractivity contribution in [3.05, 3.63) is 0 Å². The number of carbonyl (C=O) groups excluding carboxylic acids is 1. The van der Waals surface area contributed by atoms with Crippen molar-refractivity contribution >= 4 is 5.91 Å². The minimum Gasteiger partial charge on any atom is -0.383 e. The molecule has 1 rings (SSSR count). The van der Waals surface area contributed by atoms with Gasteiger partial charge in [0.05, 0.1) is 12.6 Å². The number of nitrogens with two attached hydrogens (primary N) is 1. The largest absolute Gasteiger partial charge is 0.383 e. The van der Waals surface area contributed by atoms with Crippen LogP contribution in [0.4, 0.5) is 0 Å². The Morgan fingerprint density at radius 1 is 1.44 bits per heavy atom. The van der Waals surface area contributed by atoms with Gasteiger partial charge in [-0.3, -0.25) is 9.69 Å². The molecule has 0 aromatic carbocycles. The molecule has 0 aromatic rings. The molecule has 5 nitrogen and oxygen atoms in total. The first-order valence-electron chi connectivity index (χ1n) is 6.83. The number of nitrogens with one attached hydrogen (secondary N) is 1. The second-order valence-corrected chi connectivity index (χ2v) is 5.32. The normalized spacial score (nSPS) is 17.4. The van der Waals surface area contributed by atoms with E-state index in [4.69, 9.17) is 10.5 Å². The molecule has 1 unspecified atom stereocenters. The molecule has 0 aliphatic heterocycles. The molecule has 0 radical (unpaired) electrons. The van der Waals surface area contributed by atoms with Crippen molar-refractivity contribution in [2.45, 2.75) is 51.2 Å². The molecule has 0 bridgehead atoms. The highest BCUT2D eigenvalue weighted by atomic mass is 16.5. The second-order valence-electron chi connectivity index (χ2n) is 5.32. The van der Waals surface area contributed by atoms with Crippen LogP contribution >= 0.6 is 0 Å². The van der Waals surface area contributed by atoms with Crippen LogP contribution in [0.25, 0.3) is 0 Å². The molecule has 0 aromatic heterocycles. The highest BCUT2D eigenvalue weighted by Crippen LogP contribution is 2.26. The van der Waals surface area contributed by atoms with Crippen LogP contribution in [0.3, 0.4) is 0 Å². The monoisotopic (exact) mass is 257 g/mol. The van der Waals surface area contributed by atoms with E-state index in [1.807, 2.05) is 13.8 Å². The molecule has 1 saturated carbocycles. The Hall–Kier alpha value is -0.650. The van der Waals surface area contributed by atoms with Gasteiger partial charge >= 0.3 is 0 Å². The van der Waals surface area contributed by atoms with Gasteiger partial charge in [-0.1, -0.05) is 13.8 Å². The van der Waals surface area contributed by atoms with E-state index in [1.165, 1.54) is 12.8 Å². The van der Waals surface area contributed by atoms with Gasteiger partial charge in [0.15, 0.2) is 0 Å². The highest BCUT2D eigenvalue weighted by molar-refractivity contribution is 5.79. The van der Waals surface area contributed by atoms with Crippen LogP contribution in [-0.4, -0.2) is 55.7 Å². The molecule has 3 N–H and O–H groups in total. The molecule has 18 heavy (non-hydrogen) atoms. The summed E-state index contributed by atoms with van der Waals surface area (Å²) in [5.74, 6) is -0.258. The van der Waals surface area contributed by atoms with E-state index in [-0.39, 0.29) is 18.0 Å². The third-order valence-corrected chi connectivity index (χ3v) is 3.23. The number of ether oxygens (including phenoxy) is 1. The van der Waals surface area contributed by atoms with E-state index in [0.717, 1.165) is 26.1 Å². The maximum atomic E-state index is 11.4. The Morgan fingerprint density at radius 3 is 2.56 bits per heavy atom. The molecule has 1 atom stereocenters. The maximum absolute atomic E-state index is 11.4. The molecule has 106 valence electrons. The number of primary amides is 1. The average molecular weight is 257 g/mol. The van der Waals surface area contributed by atoms with Crippen LogP contribution in [0.2, 0.25) is 0 Å². The van der Waals surface area contributed by atoms with Gasteiger partial charge in [0.25, 0.3) is 0 Å². The molecular weight excluding hydrogens is 230 g/mol. The number of hydrogen-bond acceptors (Lipinski definition) is 4. The molecule has 1 amide bonds. The lowest BCUT2D eigenvalue weighted by Crippen LogP contribution is -2.46. The number of hydrogen-bond donors (Lipinski definition) is 2. The summed E-state index contributed by atoms with van der Waals surface area (Å²) >= 11 is 0. The van der Waals surface area contributed by atoms with Crippen LogP contribution < -0.4 is 11.1 Å². The van der Waals surface area contributed by atoms with Gasteiger partial charge in [-0.25, -0.2) is 0 Å². The fourth-order valence-corrected chi connectivity index (χ4v) is 2.13. The molecule has 1 aliphatic rings. The predicted molar refractivity (Wildman–Crippen MR) is 72.3 cm³/mol. The van der Waals surface area contributed by atoms with Gasteiger partial charge in [0, 0.05) is 32.3 Å². The Labute approximate surface area is 110 Å². The van der Waals surface area contributed by atoms with Crippen molar-refractivity contribution in [1.29, 1.82) is 0 Å². The van der Waals surface area contributed by atoms with Gasteiger partial charge in [-0.2, -0.15) is 0 Å². The minimum absolute atomic E-state index is 0.228. The zero-order valence-corrected chi connectivity index (χ0v) is 11.8. The molecule has 1 fully saturated rings. The van der Waals surface area contributed by atoms with E-state index in [0.29, 0.717) is 6.04 Å². The summed E-state index contributed by atoms with van der Waals surface area (Å²) in [4.78, 5) is 13.8. The summed E-state index contributed by atoms with van der Waals surface area (Å²) in [6.07, 6.45) is 3.30. The molecular formula is C13H27N3O2. The van der Waals surface area contributed by atoms with Crippen molar-refractivity contribution < 1.29 is 9.53 Å². The first kappa shape index (κ1) is 15.4. The van der Waals surface area contributed by atoms with Gasteiger partial charge in [-0.05, 0) is 19.3 Å². The third kappa shape index (κ3) is 5.80. The van der Waals surface area contributed by atoms with Crippen LogP contribution in [-0.2, 0) is 9.53 Å². The van der Waals surface area contributed by atoms with E-state index >= 15 is 0 Å². The van der Waals surface area contributed by atoms with Crippen molar-refractivity contribution in [2.24, 2.45) is 5.73 Å². The number of carbonyl (C=O) groups is 1. The molecule has 0 saturated heterocycles. The number of rotatable bonds is 10. The van der Waals surface area contributed by atoms with E-state index in [2.05, 4.69) is 10.2 Å². The van der Waals surface area contributed by atoms with Crippen LogP contribution in [0.1, 0.15) is 33.1 Å². The molecule has 1 aliphatic carbocycles. The first-order valence-corrected chi connectivity index (χ1v) is 6.83. The zero-order chi connectivity index (χ0) is 13.5.